The highest BCUT2D eigenvalue weighted by atomic mass is 16.6. The number of fused-ring (bicyclic) bond motifs is 7. The van der Waals surface area contributed by atoms with Gasteiger partial charge in [0.2, 0.25) is 0 Å². The summed E-state index contributed by atoms with van der Waals surface area (Å²) in [5.41, 5.74) is 0.428. The van der Waals surface area contributed by atoms with Crippen molar-refractivity contribution >= 4 is 35.8 Å². The lowest BCUT2D eigenvalue weighted by Gasteiger charge is -2.71. The number of esters is 3. The van der Waals surface area contributed by atoms with Crippen LogP contribution in [0.25, 0.3) is 0 Å². The van der Waals surface area contributed by atoms with Gasteiger partial charge in [-0.2, -0.15) is 5.10 Å². The Kier molecular flexibility index (Phi) is 10.6. The average Bonchev–Trinajstić information content (AvgIpc) is 3.10. The number of carbonyl (C=O) groups is 5. The van der Waals surface area contributed by atoms with Crippen molar-refractivity contribution in [2.45, 2.75) is 125 Å². The van der Waals surface area contributed by atoms with Gasteiger partial charge in [0.1, 0.15) is 12.7 Å². The SMILES string of the molecule is CC(=O)OC[C@]1(C)[C@@H]2CC[C@]3(C)[C@H](C(=O)C=C4[C@H]5[C@](C(=O)OCC(=O)N/N=C/c6ccc(C)cc6)(CC[C@@H](C)[C@@]5(C)O)CC[C@]43C)[C@@]2(C)CC[C@@H]1OC(C)=O. The summed E-state index contributed by atoms with van der Waals surface area (Å²) < 4.78 is 17.3. The Bertz CT molecular complexity index is 1800. The normalized spacial score (nSPS) is 40.7. The molecule has 5 aliphatic carbocycles. The number of amides is 1. The van der Waals surface area contributed by atoms with E-state index in [1.807, 2.05) is 45.0 Å². The summed E-state index contributed by atoms with van der Waals surface area (Å²) in [5, 5.41) is 16.5. The van der Waals surface area contributed by atoms with Crippen LogP contribution < -0.4 is 5.43 Å². The molecule has 1 aromatic carbocycles. The molecule has 0 saturated heterocycles. The number of nitrogens with zero attached hydrogens (tertiary/aromatic N) is 1. The standard InChI is InChI=1S/C44H60N2O9/c1-26-10-12-30(13-11-26)23-45-46-35(50)24-53-38(51)44-19-14-27(2)43(9,52)36(44)31-22-32(49)37-39(5)17-16-34(55-29(4)48)40(6,25-54-28(3)47)33(39)15-18-42(37,8)41(31,7)20-21-44/h10-13,22-23,27,33-34,36-37,52H,14-21,24-25H2,1-9H3,(H,46,50)/b45-23+/t27-,33-,34+,36-,37-,39+,40-,41-,42-,43-,44+/m1/s1. The lowest BCUT2D eigenvalue weighted by atomic mass is 9.32. The number of hydrogen-bond acceptors (Lipinski definition) is 10. The summed E-state index contributed by atoms with van der Waals surface area (Å²) in [6.45, 7) is 16.8. The van der Waals surface area contributed by atoms with Crippen LogP contribution in [0.5, 0.6) is 0 Å². The molecule has 1 aromatic rings. The lowest BCUT2D eigenvalue weighted by Crippen LogP contribution is -2.70. The van der Waals surface area contributed by atoms with Gasteiger partial charge < -0.3 is 19.3 Å². The zero-order valence-electron chi connectivity index (χ0n) is 34.1. The fourth-order valence-corrected chi connectivity index (χ4v) is 12.5. The van der Waals surface area contributed by atoms with Gasteiger partial charge in [0.05, 0.1) is 17.2 Å². The van der Waals surface area contributed by atoms with Gasteiger partial charge in [0, 0.05) is 31.1 Å². The molecule has 300 valence electrons. The first-order valence-corrected chi connectivity index (χ1v) is 20.0. The van der Waals surface area contributed by atoms with Crippen LogP contribution in [0.2, 0.25) is 0 Å². The van der Waals surface area contributed by atoms with Gasteiger partial charge in [0.15, 0.2) is 12.4 Å². The molecule has 55 heavy (non-hydrogen) atoms. The number of ether oxygens (including phenoxy) is 3. The summed E-state index contributed by atoms with van der Waals surface area (Å²) in [7, 11) is 0. The van der Waals surface area contributed by atoms with Crippen LogP contribution >= 0.6 is 0 Å². The van der Waals surface area contributed by atoms with Crippen molar-refractivity contribution in [2.24, 2.45) is 55.8 Å². The van der Waals surface area contributed by atoms with Crippen molar-refractivity contribution in [1.82, 2.24) is 5.43 Å². The van der Waals surface area contributed by atoms with E-state index in [1.54, 1.807) is 13.0 Å². The Morgan fingerprint density at radius 3 is 2.24 bits per heavy atom. The molecule has 0 aliphatic heterocycles. The molecule has 11 atom stereocenters. The van der Waals surface area contributed by atoms with Crippen LogP contribution in [0, 0.1) is 57.7 Å². The van der Waals surface area contributed by atoms with E-state index >= 15 is 0 Å². The monoisotopic (exact) mass is 760 g/mol. The van der Waals surface area contributed by atoms with E-state index < -0.39 is 75.1 Å². The molecule has 2 N–H and O–H groups in total. The number of hydrazone groups is 1. The number of nitrogens with one attached hydrogen (secondary N) is 1. The predicted octanol–water partition coefficient (Wildman–Crippen LogP) is 6.41. The van der Waals surface area contributed by atoms with Crippen molar-refractivity contribution in [2.75, 3.05) is 13.2 Å². The highest BCUT2D eigenvalue weighted by molar-refractivity contribution is 5.96. The quantitative estimate of drug-likeness (QED) is 0.132. The topological polar surface area (TPSA) is 158 Å². The molecule has 0 heterocycles. The van der Waals surface area contributed by atoms with E-state index in [1.165, 1.54) is 20.1 Å². The van der Waals surface area contributed by atoms with Gasteiger partial charge in [0.25, 0.3) is 5.91 Å². The average molecular weight is 761 g/mol. The number of carbonyl (C=O) groups excluding carboxylic acids is 5. The van der Waals surface area contributed by atoms with Crippen molar-refractivity contribution in [3.63, 3.8) is 0 Å². The minimum atomic E-state index is -1.33. The first-order valence-electron chi connectivity index (χ1n) is 20.0. The van der Waals surface area contributed by atoms with E-state index in [-0.39, 0.29) is 30.2 Å². The van der Waals surface area contributed by atoms with Crippen molar-refractivity contribution in [1.29, 1.82) is 0 Å². The van der Waals surface area contributed by atoms with Crippen LogP contribution in [0.3, 0.4) is 0 Å². The Balaban J connectivity index is 1.32. The Morgan fingerprint density at radius 2 is 1.58 bits per heavy atom. The second kappa shape index (κ2) is 14.3. The molecule has 11 nitrogen and oxygen atoms in total. The Hall–Kier alpha value is -3.86. The molecule has 6 rings (SSSR count). The third-order valence-corrected chi connectivity index (χ3v) is 15.7. The number of rotatable bonds is 8. The predicted molar refractivity (Wildman–Crippen MR) is 205 cm³/mol. The van der Waals surface area contributed by atoms with Crippen LogP contribution in [0.15, 0.2) is 41.0 Å². The molecule has 5 aliphatic rings. The number of aryl methyl sites for hydroxylation is 1. The number of benzene rings is 1. The Labute approximate surface area is 325 Å². The zero-order valence-corrected chi connectivity index (χ0v) is 34.1. The van der Waals surface area contributed by atoms with Gasteiger partial charge in [-0.3, -0.25) is 24.0 Å². The third-order valence-electron chi connectivity index (χ3n) is 15.7. The van der Waals surface area contributed by atoms with E-state index in [0.717, 1.165) is 23.1 Å². The lowest BCUT2D eigenvalue weighted by molar-refractivity contribution is -0.229. The first kappa shape index (κ1) is 40.8. The second-order valence-corrected chi connectivity index (χ2v) is 18.7. The molecule has 0 bridgehead atoms. The smallest absolute Gasteiger partial charge is 0.313 e. The Morgan fingerprint density at radius 1 is 0.891 bits per heavy atom. The van der Waals surface area contributed by atoms with Crippen LogP contribution in [-0.4, -0.2) is 65.8 Å². The van der Waals surface area contributed by atoms with Crippen molar-refractivity contribution < 1.29 is 43.3 Å². The highest BCUT2D eigenvalue weighted by Gasteiger charge is 2.73. The zero-order chi connectivity index (χ0) is 40.4. The second-order valence-electron chi connectivity index (χ2n) is 18.7. The fourth-order valence-electron chi connectivity index (χ4n) is 12.5. The summed E-state index contributed by atoms with van der Waals surface area (Å²) >= 11 is 0. The van der Waals surface area contributed by atoms with Gasteiger partial charge >= 0.3 is 17.9 Å². The molecule has 1 amide bonds. The summed E-state index contributed by atoms with van der Waals surface area (Å²) in [4.78, 5) is 66.6. The van der Waals surface area contributed by atoms with Gasteiger partial charge in [-0.05, 0) is 105 Å². The maximum Gasteiger partial charge on any atom is 0.313 e. The van der Waals surface area contributed by atoms with E-state index in [9.17, 15) is 29.1 Å². The molecular weight excluding hydrogens is 700 g/mol. The molecule has 0 aromatic heterocycles. The number of allylic oxidation sites excluding steroid dienone is 1. The van der Waals surface area contributed by atoms with Crippen molar-refractivity contribution in [3.8, 4) is 0 Å². The van der Waals surface area contributed by atoms with Crippen LogP contribution in [0.4, 0.5) is 0 Å². The third kappa shape index (κ3) is 6.56. The molecule has 4 fully saturated rings. The van der Waals surface area contributed by atoms with E-state index in [0.29, 0.717) is 44.9 Å². The minimum Gasteiger partial charge on any atom is -0.465 e. The number of aliphatic hydroxyl groups is 1. The first-order chi connectivity index (χ1) is 25.7. The van der Waals surface area contributed by atoms with Gasteiger partial charge in [-0.1, -0.05) is 70.0 Å². The largest absolute Gasteiger partial charge is 0.465 e. The summed E-state index contributed by atoms with van der Waals surface area (Å²) in [6, 6.07) is 7.65. The molecular formula is C44H60N2O9. The maximum absolute atomic E-state index is 15.0. The van der Waals surface area contributed by atoms with E-state index in [4.69, 9.17) is 14.2 Å². The molecule has 0 unspecified atom stereocenters. The molecule has 0 radical (unpaired) electrons. The van der Waals surface area contributed by atoms with Crippen LogP contribution in [0.1, 0.15) is 118 Å². The highest BCUT2D eigenvalue weighted by Crippen LogP contribution is 2.75. The summed E-state index contributed by atoms with van der Waals surface area (Å²) in [5.74, 6) is -3.25. The van der Waals surface area contributed by atoms with Gasteiger partial charge in [-0.25, -0.2) is 5.43 Å². The number of ketones is 1. The maximum atomic E-state index is 15.0. The fraction of sp³-hybridized carbons (Fsp3) is 0.682. The molecule has 11 heteroatoms. The number of hydrogen-bond donors (Lipinski definition) is 2. The van der Waals surface area contributed by atoms with Gasteiger partial charge in [-0.15, -0.1) is 0 Å². The van der Waals surface area contributed by atoms with Crippen LogP contribution in [-0.2, 0) is 38.2 Å². The van der Waals surface area contributed by atoms with Crippen molar-refractivity contribution in [3.05, 3.63) is 47.0 Å². The summed E-state index contributed by atoms with van der Waals surface area (Å²) in [6.07, 6.45) is 7.51. The van der Waals surface area contributed by atoms with E-state index in [2.05, 4.69) is 31.3 Å². The molecule has 4 saturated carbocycles. The minimum absolute atomic E-state index is 0.0213. The molecule has 0 spiro atoms.